The first-order valence-corrected chi connectivity index (χ1v) is 7.29. The summed E-state index contributed by atoms with van der Waals surface area (Å²) in [5.41, 5.74) is 2.02. The molecule has 2 nitrogen and oxygen atoms in total. The summed E-state index contributed by atoms with van der Waals surface area (Å²) < 4.78 is 15.2. The Morgan fingerprint density at radius 3 is 2.84 bits per heavy atom. The average molecular weight is 341 g/mol. The first-order chi connectivity index (χ1) is 9.04. The summed E-state index contributed by atoms with van der Waals surface area (Å²) in [4.78, 5) is 7.53. The molecule has 2 rings (SSSR count). The van der Waals surface area contributed by atoms with Gasteiger partial charge >= 0.3 is 0 Å². The zero-order valence-corrected chi connectivity index (χ0v) is 13.2. The number of hydrogen-bond donors (Lipinski definition) is 1. The van der Waals surface area contributed by atoms with Crippen LogP contribution < -0.4 is 0 Å². The van der Waals surface area contributed by atoms with Gasteiger partial charge in [0, 0.05) is 17.5 Å². The van der Waals surface area contributed by atoms with Crippen LogP contribution in [0, 0.1) is 17.4 Å². The van der Waals surface area contributed by atoms with Gasteiger partial charge in [0.25, 0.3) is 0 Å². The summed E-state index contributed by atoms with van der Waals surface area (Å²) in [6.45, 7) is 3.93. The van der Waals surface area contributed by atoms with Crippen LogP contribution in [0.5, 0.6) is 0 Å². The van der Waals surface area contributed by atoms with Crippen molar-refractivity contribution < 1.29 is 4.39 Å². The number of benzene rings is 1. The Morgan fingerprint density at radius 2 is 2.16 bits per heavy atom. The molecule has 100 valence electrons. The minimum absolute atomic E-state index is 0.287. The lowest BCUT2D eigenvalue weighted by atomic mass is 10.1. The van der Waals surface area contributed by atoms with Gasteiger partial charge in [-0.2, -0.15) is 0 Å². The molecule has 0 spiro atoms. The van der Waals surface area contributed by atoms with E-state index in [0.717, 1.165) is 24.2 Å². The minimum atomic E-state index is -0.287. The highest BCUT2D eigenvalue weighted by Crippen LogP contribution is 2.29. The molecule has 0 aliphatic carbocycles. The van der Waals surface area contributed by atoms with Crippen LogP contribution in [0.15, 0.2) is 22.7 Å². The molecule has 0 amide bonds. The number of nitrogens with one attached hydrogen (secondary N) is 1. The molecule has 1 N–H and O–H groups in total. The molecule has 0 saturated heterocycles. The molecular formula is C14H14BrFN2S. The van der Waals surface area contributed by atoms with Crippen molar-refractivity contribution in [1.82, 2.24) is 9.97 Å². The molecule has 0 fully saturated rings. The lowest BCUT2D eigenvalue weighted by molar-refractivity contribution is 0.623. The predicted molar refractivity (Wildman–Crippen MR) is 81.2 cm³/mol. The van der Waals surface area contributed by atoms with Gasteiger partial charge in [0.05, 0.1) is 10.2 Å². The number of halogens is 2. The fourth-order valence-electron chi connectivity index (χ4n) is 1.90. The topological polar surface area (TPSA) is 28.7 Å². The molecule has 19 heavy (non-hydrogen) atoms. The average Bonchev–Trinajstić information content (AvgIpc) is 2.37. The van der Waals surface area contributed by atoms with Crippen LogP contribution in [0.3, 0.4) is 0 Å². The highest BCUT2D eigenvalue weighted by Gasteiger charge is 2.13. The van der Waals surface area contributed by atoms with E-state index in [1.807, 2.05) is 6.92 Å². The predicted octanol–water partition coefficient (Wildman–Crippen LogP) is 4.97. The van der Waals surface area contributed by atoms with E-state index in [0.29, 0.717) is 20.4 Å². The summed E-state index contributed by atoms with van der Waals surface area (Å²) in [5.74, 6) is 0.511. The van der Waals surface area contributed by atoms with Gasteiger partial charge in [-0.25, -0.2) is 9.37 Å². The number of aromatic nitrogens is 2. The highest BCUT2D eigenvalue weighted by atomic mass is 79.9. The largest absolute Gasteiger partial charge is 0.343 e. The van der Waals surface area contributed by atoms with Crippen molar-refractivity contribution in [3.63, 3.8) is 0 Å². The van der Waals surface area contributed by atoms with Gasteiger partial charge < -0.3 is 4.98 Å². The lowest BCUT2D eigenvalue weighted by Crippen LogP contribution is -2.01. The Morgan fingerprint density at radius 1 is 1.42 bits per heavy atom. The first kappa shape index (κ1) is 14.3. The van der Waals surface area contributed by atoms with E-state index in [-0.39, 0.29) is 5.82 Å². The van der Waals surface area contributed by atoms with Crippen LogP contribution in [0.1, 0.15) is 24.7 Å². The normalized spacial score (nSPS) is 10.7. The van der Waals surface area contributed by atoms with E-state index in [1.54, 1.807) is 18.2 Å². The van der Waals surface area contributed by atoms with E-state index < -0.39 is 0 Å². The van der Waals surface area contributed by atoms with Crippen molar-refractivity contribution in [1.29, 1.82) is 0 Å². The van der Waals surface area contributed by atoms with Crippen molar-refractivity contribution in [3.05, 3.63) is 44.5 Å². The minimum Gasteiger partial charge on any atom is -0.343 e. The quantitative estimate of drug-likeness (QED) is 0.799. The smallest absolute Gasteiger partial charge is 0.146 e. The molecule has 0 aliphatic heterocycles. The third kappa shape index (κ3) is 2.92. The van der Waals surface area contributed by atoms with Gasteiger partial charge in [-0.1, -0.05) is 25.2 Å². The third-order valence-corrected chi connectivity index (χ3v) is 3.92. The van der Waals surface area contributed by atoms with Crippen molar-refractivity contribution in [2.45, 2.75) is 26.7 Å². The van der Waals surface area contributed by atoms with Crippen LogP contribution in [-0.2, 0) is 6.42 Å². The Balaban J connectivity index is 2.67. The molecule has 0 atom stereocenters. The second kappa shape index (κ2) is 5.92. The number of rotatable bonds is 3. The van der Waals surface area contributed by atoms with Crippen LogP contribution >= 0.6 is 28.1 Å². The number of hydrogen-bond acceptors (Lipinski definition) is 2. The molecule has 0 bridgehead atoms. The Kier molecular flexibility index (Phi) is 4.47. The Bertz CT molecular complexity index is 667. The number of aromatic amines is 1. The molecule has 0 aliphatic rings. The number of nitrogens with zero attached hydrogens (tertiary/aromatic N) is 1. The second-order valence-electron chi connectivity index (χ2n) is 4.34. The Labute approximate surface area is 125 Å². The van der Waals surface area contributed by atoms with Gasteiger partial charge in [-0.15, -0.1) is 0 Å². The van der Waals surface area contributed by atoms with Gasteiger partial charge in [-0.05, 0) is 41.4 Å². The molecule has 0 saturated carbocycles. The van der Waals surface area contributed by atoms with E-state index in [2.05, 4.69) is 32.8 Å². The van der Waals surface area contributed by atoms with Crippen molar-refractivity contribution in [3.8, 4) is 11.3 Å². The number of aryl methyl sites for hydroxylation is 1. The van der Waals surface area contributed by atoms with Crippen LogP contribution in [0.2, 0.25) is 0 Å². The van der Waals surface area contributed by atoms with Gasteiger partial charge in [0.15, 0.2) is 0 Å². The fraction of sp³-hybridized carbons (Fsp3) is 0.286. The van der Waals surface area contributed by atoms with Crippen molar-refractivity contribution in [2.75, 3.05) is 0 Å². The monoisotopic (exact) mass is 340 g/mol. The highest BCUT2D eigenvalue weighted by molar-refractivity contribution is 9.10. The fourth-order valence-corrected chi connectivity index (χ4v) is 2.48. The van der Waals surface area contributed by atoms with Crippen LogP contribution in [-0.4, -0.2) is 9.97 Å². The lowest BCUT2D eigenvalue weighted by Gasteiger charge is -2.11. The molecule has 2 aromatic rings. The van der Waals surface area contributed by atoms with E-state index in [9.17, 15) is 4.39 Å². The molecule has 5 heteroatoms. The maximum Gasteiger partial charge on any atom is 0.146 e. The second-order valence-corrected chi connectivity index (χ2v) is 5.58. The van der Waals surface area contributed by atoms with Gasteiger partial charge in [0.1, 0.15) is 16.3 Å². The van der Waals surface area contributed by atoms with E-state index >= 15 is 0 Å². The molecule has 1 aromatic carbocycles. The molecule has 0 radical (unpaired) electrons. The van der Waals surface area contributed by atoms with Crippen LogP contribution in [0.4, 0.5) is 4.39 Å². The number of H-pyrrole nitrogens is 1. The maximum atomic E-state index is 14.2. The Hall–Kier alpha value is -1.07. The zero-order chi connectivity index (χ0) is 14.0. The maximum absolute atomic E-state index is 14.2. The third-order valence-electron chi connectivity index (χ3n) is 2.91. The molecule has 1 heterocycles. The molecule has 1 aromatic heterocycles. The van der Waals surface area contributed by atoms with E-state index in [4.69, 9.17) is 12.2 Å². The SMILES string of the molecule is CCCc1nc(=S)c(C)c(-c2cccc(Br)c2F)[nH]1. The van der Waals surface area contributed by atoms with E-state index in [1.165, 1.54) is 0 Å². The summed E-state index contributed by atoms with van der Waals surface area (Å²) in [5, 5.41) is 0. The molecule has 0 unspecified atom stereocenters. The summed E-state index contributed by atoms with van der Waals surface area (Å²) in [6, 6.07) is 5.22. The summed E-state index contributed by atoms with van der Waals surface area (Å²) in [7, 11) is 0. The first-order valence-electron chi connectivity index (χ1n) is 6.08. The van der Waals surface area contributed by atoms with Crippen LogP contribution in [0.25, 0.3) is 11.3 Å². The molecular weight excluding hydrogens is 327 g/mol. The van der Waals surface area contributed by atoms with Crippen molar-refractivity contribution in [2.24, 2.45) is 0 Å². The summed E-state index contributed by atoms with van der Waals surface area (Å²) in [6.07, 6.45) is 1.76. The van der Waals surface area contributed by atoms with Gasteiger partial charge in [0.2, 0.25) is 0 Å². The van der Waals surface area contributed by atoms with Crippen molar-refractivity contribution >= 4 is 28.1 Å². The van der Waals surface area contributed by atoms with Gasteiger partial charge in [-0.3, -0.25) is 0 Å². The summed E-state index contributed by atoms with van der Waals surface area (Å²) >= 11 is 8.46. The zero-order valence-electron chi connectivity index (χ0n) is 10.8. The standard InChI is InChI=1S/C14H14BrFN2S/c1-3-5-11-17-13(8(2)14(19)18-11)9-6-4-7-10(15)12(9)16/h4,6-7H,3,5H2,1-2H3,(H,17,18,19).